The summed E-state index contributed by atoms with van der Waals surface area (Å²) >= 11 is 6.07. The Labute approximate surface area is 163 Å². The van der Waals surface area contributed by atoms with Gasteiger partial charge in [-0.15, -0.1) is 0 Å². The van der Waals surface area contributed by atoms with E-state index in [0.717, 1.165) is 6.42 Å². The van der Waals surface area contributed by atoms with Gasteiger partial charge in [0.2, 0.25) is 0 Å². The average Bonchev–Trinajstić information content (AvgIpc) is 2.95. The number of carbonyl (C=O) groups excluding carboxylic acids is 2. The molecule has 1 aliphatic rings. The lowest BCUT2D eigenvalue weighted by molar-refractivity contribution is -0.0198. The van der Waals surface area contributed by atoms with Gasteiger partial charge in [-0.2, -0.15) is 5.26 Å². The van der Waals surface area contributed by atoms with Crippen molar-refractivity contribution in [3.8, 4) is 6.07 Å². The van der Waals surface area contributed by atoms with Crippen molar-refractivity contribution in [2.24, 2.45) is 0 Å². The van der Waals surface area contributed by atoms with E-state index < -0.39 is 5.91 Å². The number of hydrogen-bond acceptors (Lipinski definition) is 5. The molecule has 0 bridgehead atoms. The van der Waals surface area contributed by atoms with Crippen LogP contribution in [-0.2, 0) is 9.47 Å². The number of aryl methyl sites for hydroxylation is 1. The third-order valence-electron chi connectivity index (χ3n) is 4.39. The summed E-state index contributed by atoms with van der Waals surface area (Å²) in [5, 5.41) is 12.4. The highest BCUT2D eigenvalue weighted by atomic mass is 35.5. The minimum atomic E-state index is -0.416. The molecule has 2 amide bonds. The van der Waals surface area contributed by atoms with Crippen molar-refractivity contribution in [2.45, 2.75) is 45.8 Å². The smallest absolute Gasteiger partial charge is 0.409 e. The number of likely N-dealkylation sites (tertiary alicyclic amines) is 1. The van der Waals surface area contributed by atoms with Gasteiger partial charge in [0, 0.05) is 18.8 Å². The van der Waals surface area contributed by atoms with Crippen LogP contribution in [0.4, 0.5) is 4.79 Å². The van der Waals surface area contributed by atoms with Crippen LogP contribution in [0.25, 0.3) is 0 Å². The number of aromatic amines is 1. The van der Waals surface area contributed by atoms with E-state index in [4.69, 9.17) is 21.1 Å². The van der Waals surface area contributed by atoms with Gasteiger partial charge in [-0.05, 0) is 26.7 Å². The zero-order chi connectivity index (χ0) is 20.0. The second-order valence-corrected chi connectivity index (χ2v) is 6.73. The molecule has 0 aliphatic carbocycles. The summed E-state index contributed by atoms with van der Waals surface area (Å²) in [6, 6.07) is 1.67. The lowest BCUT2D eigenvalue weighted by Crippen LogP contribution is -2.56. The van der Waals surface area contributed by atoms with Gasteiger partial charge in [0.15, 0.2) is 0 Å². The third-order valence-corrected chi connectivity index (χ3v) is 4.86. The molecule has 0 unspecified atom stereocenters. The molecular formula is C18H25ClN4O4. The number of nitrogens with zero attached hydrogens (tertiary/aromatic N) is 2. The summed E-state index contributed by atoms with van der Waals surface area (Å²) < 4.78 is 10.9. The zero-order valence-electron chi connectivity index (χ0n) is 15.8. The van der Waals surface area contributed by atoms with Crippen molar-refractivity contribution in [1.29, 1.82) is 5.26 Å². The molecule has 1 aromatic heterocycles. The summed E-state index contributed by atoms with van der Waals surface area (Å²) in [6.45, 7) is 7.05. The van der Waals surface area contributed by atoms with Gasteiger partial charge in [-0.1, -0.05) is 18.5 Å². The van der Waals surface area contributed by atoms with E-state index in [0.29, 0.717) is 38.4 Å². The first-order chi connectivity index (χ1) is 12.9. The van der Waals surface area contributed by atoms with Gasteiger partial charge in [0.25, 0.3) is 5.91 Å². The number of nitrogens with one attached hydrogen (secondary N) is 2. The number of ether oxygens (including phenoxy) is 2. The topological polar surface area (TPSA) is 107 Å². The second kappa shape index (κ2) is 9.62. The molecule has 0 spiro atoms. The molecule has 2 rings (SSSR count). The minimum absolute atomic E-state index is 0.127. The number of aromatic nitrogens is 1. The first-order valence-corrected chi connectivity index (χ1v) is 9.42. The Morgan fingerprint density at radius 2 is 2.19 bits per heavy atom. The predicted molar refractivity (Wildman–Crippen MR) is 99.8 cm³/mol. The minimum Gasteiger partial charge on any atom is -0.450 e. The van der Waals surface area contributed by atoms with E-state index in [1.54, 1.807) is 18.7 Å². The Hall–Kier alpha value is -2.24. The quantitative estimate of drug-likeness (QED) is 0.768. The molecule has 8 nitrogen and oxygen atoms in total. The highest BCUT2D eigenvalue weighted by Gasteiger charge is 2.34. The molecule has 9 heteroatoms. The van der Waals surface area contributed by atoms with Gasteiger partial charge in [0.05, 0.1) is 30.3 Å². The second-order valence-electron chi connectivity index (χ2n) is 6.35. The van der Waals surface area contributed by atoms with Crippen molar-refractivity contribution in [1.82, 2.24) is 15.2 Å². The number of amides is 2. The summed E-state index contributed by atoms with van der Waals surface area (Å²) in [4.78, 5) is 29.1. The van der Waals surface area contributed by atoms with Crippen LogP contribution in [0.5, 0.6) is 0 Å². The molecule has 1 saturated heterocycles. The summed E-state index contributed by atoms with van der Waals surface area (Å²) in [6.07, 6.45) is 0.601. The number of rotatable bonds is 6. The maximum absolute atomic E-state index is 12.7. The van der Waals surface area contributed by atoms with E-state index in [9.17, 15) is 14.9 Å². The van der Waals surface area contributed by atoms with Crippen LogP contribution in [0.1, 0.15) is 48.4 Å². The Morgan fingerprint density at radius 1 is 1.44 bits per heavy atom. The van der Waals surface area contributed by atoms with Crippen LogP contribution in [-0.4, -0.2) is 60.3 Å². The van der Waals surface area contributed by atoms with Crippen molar-refractivity contribution in [3.05, 3.63) is 22.0 Å². The van der Waals surface area contributed by atoms with E-state index in [2.05, 4.69) is 10.3 Å². The molecule has 0 radical (unpaired) electrons. The van der Waals surface area contributed by atoms with Crippen molar-refractivity contribution in [2.75, 3.05) is 26.3 Å². The molecule has 1 aliphatic heterocycles. The fourth-order valence-electron chi connectivity index (χ4n) is 3.02. The van der Waals surface area contributed by atoms with Crippen LogP contribution < -0.4 is 5.32 Å². The van der Waals surface area contributed by atoms with Crippen LogP contribution in [0, 0.1) is 18.3 Å². The number of nitriles is 1. The van der Waals surface area contributed by atoms with E-state index >= 15 is 0 Å². The number of piperidine rings is 1. The molecule has 2 heterocycles. The molecule has 27 heavy (non-hydrogen) atoms. The first-order valence-electron chi connectivity index (χ1n) is 9.05. The van der Waals surface area contributed by atoms with Gasteiger partial charge >= 0.3 is 6.09 Å². The fraction of sp³-hybridized carbons (Fsp3) is 0.611. The van der Waals surface area contributed by atoms with E-state index in [-0.39, 0.29) is 34.5 Å². The van der Waals surface area contributed by atoms with Crippen LogP contribution in [0.15, 0.2) is 0 Å². The monoisotopic (exact) mass is 396 g/mol. The fourth-order valence-corrected chi connectivity index (χ4v) is 3.20. The Kier molecular flexibility index (Phi) is 7.51. The summed E-state index contributed by atoms with van der Waals surface area (Å²) in [5.41, 5.74) is 0.831. The normalized spacial score (nSPS) is 19.4. The number of halogens is 1. The summed E-state index contributed by atoms with van der Waals surface area (Å²) in [7, 11) is 0. The SMILES string of the molecule is CCCO[C@@H]1CN(C(=O)OCC)CC[C@@H]1NC(=O)c1[nH]c(C)c(Cl)c1C#N. The van der Waals surface area contributed by atoms with Crippen LogP contribution in [0.2, 0.25) is 5.02 Å². The molecule has 0 aromatic carbocycles. The maximum atomic E-state index is 12.7. The number of carbonyl (C=O) groups is 2. The van der Waals surface area contributed by atoms with E-state index in [1.165, 1.54) is 0 Å². The van der Waals surface area contributed by atoms with Gasteiger partial charge in [0.1, 0.15) is 17.3 Å². The van der Waals surface area contributed by atoms with Crippen LogP contribution >= 0.6 is 11.6 Å². The molecule has 2 N–H and O–H groups in total. The molecule has 1 aromatic rings. The number of hydrogen-bond donors (Lipinski definition) is 2. The molecule has 148 valence electrons. The van der Waals surface area contributed by atoms with Gasteiger partial charge in [-0.25, -0.2) is 4.79 Å². The van der Waals surface area contributed by atoms with Crippen molar-refractivity contribution >= 4 is 23.6 Å². The Morgan fingerprint density at radius 3 is 2.81 bits per heavy atom. The van der Waals surface area contributed by atoms with Crippen molar-refractivity contribution in [3.63, 3.8) is 0 Å². The van der Waals surface area contributed by atoms with Gasteiger partial charge < -0.3 is 24.7 Å². The van der Waals surface area contributed by atoms with E-state index in [1.807, 2.05) is 13.0 Å². The molecule has 0 saturated carbocycles. The largest absolute Gasteiger partial charge is 0.450 e. The molecule has 1 fully saturated rings. The summed E-state index contributed by atoms with van der Waals surface area (Å²) in [5.74, 6) is -0.416. The Balaban J connectivity index is 2.11. The lowest BCUT2D eigenvalue weighted by atomic mass is 10.0. The highest BCUT2D eigenvalue weighted by molar-refractivity contribution is 6.33. The average molecular weight is 397 g/mol. The third kappa shape index (κ3) is 4.93. The van der Waals surface area contributed by atoms with Crippen LogP contribution in [0.3, 0.4) is 0 Å². The Bertz CT molecular complexity index is 728. The lowest BCUT2D eigenvalue weighted by Gasteiger charge is -2.38. The highest BCUT2D eigenvalue weighted by Crippen LogP contribution is 2.24. The number of H-pyrrole nitrogens is 1. The standard InChI is InChI=1S/C18H25ClN4O4/c1-4-8-27-14-10-23(18(25)26-5-2)7-6-13(14)22-17(24)16-12(9-20)15(19)11(3)21-16/h13-14,21H,4-8,10H2,1-3H3,(H,22,24)/t13-,14+/m0/s1. The molecule has 2 atom stereocenters. The zero-order valence-corrected chi connectivity index (χ0v) is 16.6. The maximum Gasteiger partial charge on any atom is 0.409 e. The molecular weight excluding hydrogens is 372 g/mol. The van der Waals surface area contributed by atoms with Gasteiger partial charge in [-0.3, -0.25) is 4.79 Å². The first kappa shape index (κ1) is 21.1. The van der Waals surface area contributed by atoms with Crippen molar-refractivity contribution < 1.29 is 19.1 Å². The predicted octanol–water partition coefficient (Wildman–Crippen LogP) is 2.60.